The van der Waals surface area contributed by atoms with Gasteiger partial charge in [-0.2, -0.15) is 5.10 Å². The highest BCUT2D eigenvalue weighted by Crippen LogP contribution is 2.21. The Bertz CT molecular complexity index is 1160. The number of nitrogens with zero attached hydrogens (tertiary/aromatic N) is 5. The molecule has 0 spiro atoms. The van der Waals surface area contributed by atoms with Gasteiger partial charge in [0.05, 0.1) is 16.9 Å². The Hall–Kier alpha value is -3.28. The number of para-hydroxylation sites is 1. The van der Waals surface area contributed by atoms with Crippen LogP contribution in [0.15, 0.2) is 48.7 Å². The highest BCUT2D eigenvalue weighted by Gasteiger charge is 2.25. The molecule has 26 heavy (non-hydrogen) atoms. The number of carbonyl (C=O) groups excluding carboxylic acids is 1. The van der Waals surface area contributed by atoms with E-state index in [1.165, 1.54) is 0 Å². The number of hydrogen-bond donors (Lipinski definition) is 0. The van der Waals surface area contributed by atoms with Crippen LogP contribution in [0.2, 0.25) is 0 Å². The summed E-state index contributed by atoms with van der Waals surface area (Å²) in [5, 5.41) is 5.56. The zero-order valence-electron chi connectivity index (χ0n) is 14.4. The fourth-order valence-corrected chi connectivity index (χ4v) is 3.58. The summed E-state index contributed by atoms with van der Waals surface area (Å²) >= 11 is 0. The molecule has 1 aliphatic heterocycles. The molecule has 1 aromatic carbocycles. The topological polar surface area (TPSA) is 63.4 Å². The van der Waals surface area contributed by atoms with Crippen molar-refractivity contribution in [2.24, 2.45) is 0 Å². The third-order valence-corrected chi connectivity index (χ3v) is 4.88. The second kappa shape index (κ2) is 5.62. The predicted octanol–water partition coefficient (Wildman–Crippen LogP) is 2.78. The Morgan fingerprint density at radius 2 is 2.04 bits per heavy atom. The Balaban J connectivity index is 1.47. The summed E-state index contributed by atoms with van der Waals surface area (Å²) in [5.74, 6) is -0.0434. The minimum absolute atomic E-state index is 0.0434. The molecule has 0 aliphatic carbocycles. The monoisotopic (exact) mass is 343 g/mol. The molecule has 3 aromatic heterocycles. The van der Waals surface area contributed by atoms with Crippen molar-refractivity contribution >= 4 is 22.5 Å². The smallest absolute Gasteiger partial charge is 0.272 e. The SMILES string of the molecule is Cc1cc2ncc3c(n2n1)CCN(C(=O)c1ccc2ccccc2n1)C3. The van der Waals surface area contributed by atoms with Crippen LogP contribution in [-0.2, 0) is 13.0 Å². The number of benzene rings is 1. The number of hydrogen-bond acceptors (Lipinski definition) is 4. The van der Waals surface area contributed by atoms with Crippen molar-refractivity contribution in [1.29, 1.82) is 0 Å². The lowest BCUT2D eigenvalue weighted by molar-refractivity contribution is 0.0727. The van der Waals surface area contributed by atoms with Gasteiger partial charge < -0.3 is 4.90 Å². The molecule has 0 N–H and O–H groups in total. The quantitative estimate of drug-likeness (QED) is 0.533. The Labute approximate surface area is 150 Å². The molecular formula is C20H17N5O. The molecule has 0 saturated carbocycles. The largest absolute Gasteiger partial charge is 0.332 e. The second-order valence-corrected chi connectivity index (χ2v) is 6.65. The zero-order chi connectivity index (χ0) is 17.7. The van der Waals surface area contributed by atoms with E-state index in [9.17, 15) is 4.79 Å². The molecule has 6 heteroatoms. The van der Waals surface area contributed by atoms with Crippen LogP contribution in [0, 0.1) is 6.92 Å². The van der Waals surface area contributed by atoms with Crippen molar-refractivity contribution in [2.45, 2.75) is 19.9 Å². The first-order valence-corrected chi connectivity index (χ1v) is 8.67. The van der Waals surface area contributed by atoms with Gasteiger partial charge in [-0.1, -0.05) is 24.3 Å². The number of rotatable bonds is 1. The molecule has 128 valence electrons. The van der Waals surface area contributed by atoms with Crippen LogP contribution in [-0.4, -0.2) is 36.9 Å². The van der Waals surface area contributed by atoms with Gasteiger partial charge in [0.25, 0.3) is 5.91 Å². The van der Waals surface area contributed by atoms with Crippen LogP contribution in [0.4, 0.5) is 0 Å². The van der Waals surface area contributed by atoms with E-state index in [4.69, 9.17) is 0 Å². The second-order valence-electron chi connectivity index (χ2n) is 6.65. The molecule has 5 rings (SSSR count). The first-order chi connectivity index (χ1) is 12.7. The molecular weight excluding hydrogens is 326 g/mol. The highest BCUT2D eigenvalue weighted by molar-refractivity contribution is 5.95. The molecule has 4 heterocycles. The van der Waals surface area contributed by atoms with E-state index >= 15 is 0 Å². The molecule has 6 nitrogen and oxygen atoms in total. The third kappa shape index (κ3) is 2.34. The van der Waals surface area contributed by atoms with Crippen LogP contribution < -0.4 is 0 Å². The number of pyridine rings is 1. The molecule has 0 fully saturated rings. The summed E-state index contributed by atoms with van der Waals surface area (Å²) in [4.78, 5) is 23.8. The van der Waals surface area contributed by atoms with Crippen LogP contribution >= 0.6 is 0 Å². The van der Waals surface area contributed by atoms with Gasteiger partial charge in [-0.3, -0.25) is 4.79 Å². The van der Waals surface area contributed by atoms with Crippen LogP contribution in [0.3, 0.4) is 0 Å². The Morgan fingerprint density at radius 3 is 2.96 bits per heavy atom. The van der Waals surface area contributed by atoms with Crippen molar-refractivity contribution in [2.75, 3.05) is 6.54 Å². The van der Waals surface area contributed by atoms with E-state index in [1.807, 2.05) is 58.9 Å². The lowest BCUT2D eigenvalue weighted by Gasteiger charge is -2.28. The summed E-state index contributed by atoms with van der Waals surface area (Å²) < 4.78 is 1.90. The lowest BCUT2D eigenvalue weighted by Crippen LogP contribution is -2.37. The van der Waals surface area contributed by atoms with E-state index in [2.05, 4.69) is 15.1 Å². The minimum Gasteiger partial charge on any atom is -0.332 e. The summed E-state index contributed by atoms with van der Waals surface area (Å²) in [6, 6.07) is 13.6. The summed E-state index contributed by atoms with van der Waals surface area (Å²) in [6.45, 7) is 3.15. The maximum Gasteiger partial charge on any atom is 0.272 e. The minimum atomic E-state index is -0.0434. The first kappa shape index (κ1) is 15.0. The van der Waals surface area contributed by atoms with Crippen LogP contribution in [0.25, 0.3) is 16.6 Å². The molecule has 1 amide bonds. The van der Waals surface area contributed by atoms with E-state index in [0.29, 0.717) is 18.8 Å². The van der Waals surface area contributed by atoms with E-state index in [0.717, 1.165) is 39.9 Å². The molecule has 0 atom stereocenters. The maximum absolute atomic E-state index is 12.9. The van der Waals surface area contributed by atoms with Crippen LogP contribution in [0.5, 0.6) is 0 Å². The van der Waals surface area contributed by atoms with Crippen LogP contribution in [0.1, 0.15) is 27.4 Å². The van der Waals surface area contributed by atoms with Gasteiger partial charge in [-0.25, -0.2) is 14.5 Å². The predicted molar refractivity (Wildman–Crippen MR) is 97.9 cm³/mol. The van der Waals surface area contributed by atoms with Gasteiger partial charge in [0.1, 0.15) is 5.69 Å². The maximum atomic E-state index is 12.9. The number of amides is 1. The fourth-order valence-electron chi connectivity index (χ4n) is 3.58. The van der Waals surface area contributed by atoms with Crippen molar-refractivity contribution in [3.63, 3.8) is 0 Å². The van der Waals surface area contributed by atoms with Crippen molar-refractivity contribution in [3.05, 3.63) is 71.3 Å². The number of carbonyl (C=O) groups is 1. The number of aryl methyl sites for hydroxylation is 1. The van der Waals surface area contributed by atoms with Crippen molar-refractivity contribution in [1.82, 2.24) is 24.5 Å². The Kier molecular flexibility index (Phi) is 3.25. The van der Waals surface area contributed by atoms with Gasteiger partial charge in [0, 0.05) is 42.7 Å². The van der Waals surface area contributed by atoms with Gasteiger partial charge in [0.15, 0.2) is 5.65 Å². The fraction of sp³-hybridized carbons (Fsp3) is 0.200. The number of fused-ring (bicyclic) bond motifs is 4. The van der Waals surface area contributed by atoms with Crippen molar-refractivity contribution in [3.8, 4) is 0 Å². The normalized spacial score (nSPS) is 14.0. The molecule has 0 saturated heterocycles. The lowest BCUT2D eigenvalue weighted by atomic mass is 10.1. The molecule has 0 unspecified atom stereocenters. The van der Waals surface area contributed by atoms with Crippen molar-refractivity contribution < 1.29 is 4.79 Å². The molecule has 1 aliphatic rings. The summed E-state index contributed by atoms with van der Waals surface area (Å²) in [6.07, 6.45) is 2.62. The summed E-state index contributed by atoms with van der Waals surface area (Å²) in [7, 11) is 0. The van der Waals surface area contributed by atoms with Gasteiger partial charge >= 0.3 is 0 Å². The average molecular weight is 343 g/mol. The van der Waals surface area contributed by atoms with Gasteiger partial charge in [0.2, 0.25) is 0 Å². The molecule has 0 radical (unpaired) electrons. The zero-order valence-corrected chi connectivity index (χ0v) is 14.4. The average Bonchev–Trinajstić information content (AvgIpc) is 3.07. The van der Waals surface area contributed by atoms with E-state index < -0.39 is 0 Å². The van der Waals surface area contributed by atoms with Gasteiger partial charge in [-0.15, -0.1) is 0 Å². The summed E-state index contributed by atoms with van der Waals surface area (Å²) in [5.41, 5.74) is 5.31. The highest BCUT2D eigenvalue weighted by atomic mass is 16.2. The molecule has 4 aromatic rings. The third-order valence-electron chi connectivity index (χ3n) is 4.88. The van der Waals surface area contributed by atoms with Gasteiger partial charge in [-0.05, 0) is 19.1 Å². The standard InChI is InChI=1S/C20H17N5O/c1-13-10-19-21-11-15-12-24(9-8-18(15)25(19)23-13)20(26)17-7-6-14-4-2-3-5-16(14)22-17/h2-7,10-11H,8-9,12H2,1H3. The van der Waals surface area contributed by atoms with E-state index in [-0.39, 0.29) is 5.91 Å². The Morgan fingerprint density at radius 1 is 1.15 bits per heavy atom. The molecule has 0 bridgehead atoms. The first-order valence-electron chi connectivity index (χ1n) is 8.67. The number of aromatic nitrogens is 4. The van der Waals surface area contributed by atoms with E-state index in [1.54, 1.807) is 6.07 Å².